The van der Waals surface area contributed by atoms with Crippen molar-refractivity contribution in [1.29, 1.82) is 0 Å². The molecule has 2 heterocycles. The highest BCUT2D eigenvalue weighted by molar-refractivity contribution is 5.84. The average molecular weight is 545 g/mol. The zero-order valence-corrected chi connectivity index (χ0v) is 25.1. The van der Waals surface area contributed by atoms with Crippen LogP contribution >= 0.6 is 0 Å². The van der Waals surface area contributed by atoms with Gasteiger partial charge in [0.05, 0.1) is 13.7 Å². The number of fused-ring (bicyclic) bond motifs is 1. The molecule has 1 aromatic carbocycles. The number of nitrogens with zero attached hydrogens (tertiary/aromatic N) is 2. The van der Waals surface area contributed by atoms with Crippen LogP contribution < -0.4 is 5.32 Å². The minimum absolute atomic E-state index is 0.0345. The van der Waals surface area contributed by atoms with E-state index in [1.165, 1.54) is 37.3 Å². The molecule has 2 N–H and O–H groups in total. The summed E-state index contributed by atoms with van der Waals surface area (Å²) in [5.41, 5.74) is 3.51. The molecule has 1 aliphatic heterocycles. The number of rotatable bonds is 9. The molecule has 1 aliphatic carbocycles. The van der Waals surface area contributed by atoms with Gasteiger partial charge in [-0.3, -0.25) is 4.79 Å². The maximum atomic E-state index is 11.5. The number of aromatic nitrogens is 1. The summed E-state index contributed by atoms with van der Waals surface area (Å²) in [5, 5.41) is 3.94. The lowest BCUT2D eigenvalue weighted by atomic mass is 9.99. The summed E-state index contributed by atoms with van der Waals surface area (Å²) < 4.78 is 9.56. The number of hydrogen-bond donors (Lipinski definition) is 2. The average Bonchev–Trinajstić information content (AvgIpc) is 3.62. The second kappa shape index (κ2) is 20.1. The van der Waals surface area contributed by atoms with E-state index in [1.807, 2.05) is 11.0 Å². The van der Waals surface area contributed by atoms with Crippen LogP contribution in [0.15, 0.2) is 36.9 Å². The van der Waals surface area contributed by atoms with Gasteiger partial charge < -0.3 is 29.6 Å². The summed E-state index contributed by atoms with van der Waals surface area (Å²) in [6, 6.07) is 10.5. The van der Waals surface area contributed by atoms with Gasteiger partial charge in [0.1, 0.15) is 0 Å². The highest BCUT2D eigenvalue weighted by Crippen LogP contribution is 2.26. The molecule has 0 spiro atoms. The molecule has 1 saturated carbocycles. The van der Waals surface area contributed by atoms with Crippen molar-refractivity contribution in [1.82, 2.24) is 20.1 Å². The number of para-hydroxylation sites is 1. The second-order valence-corrected chi connectivity index (χ2v) is 10.5. The molecule has 220 valence electrons. The maximum absolute atomic E-state index is 11.5. The number of methoxy groups -OCH3 is 1. The quantitative estimate of drug-likeness (QED) is 0.308. The van der Waals surface area contributed by atoms with Crippen LogP contribution in [0.2, 0.25) is 0 Å². The van der Waals surface area contributed by atoms with Gasteiger partial charge in [-0.2, -0.15) is 0 Å². The fraction of sp³-hybridized carbons (Fsp3) is 0.613. The van der Waals surface area contributed by atoms with Gasteiger partial charge in [-0.15, -0.1) is 0 Å². The van der Waals surface area contributed by atoms with Gasteiger partial charge >= 0.3 is 6.03 Å². The molecule has 2 aromatic rings. The van der Waals surface area contributed by atoms with Crippen molar-refractivity contribution >= 4 is 29.0 Å². The molecule has 1 unspecified atom stereocenters. The zero-order valence-electron chi connectivity index (χ0n) is 25.1. The number of urea groups is 1. The van der Waals surface area contributed by atoms with Gasteiger partial charge in [0.2, 0.25) is 0 Å². The lowest BCUT2D eigenvalue weighted by Gasteiger charge is -2.32. The fourth-order valence-corrected chi connectivity index (χ4v) is 3.90. The van der Waals surface area contributed by atoms with Crippen molar-refractivity contribution in [2.24, 2.45) is 11.8 Å². The molecule has 8 nitrogen and oxygen atoms in total. The molecule has 39 heavy (non-hydrogen) atoms. The van der Waals surface area contributed by atoms with Crippen molar-refractivity contribution in [3.8, 4) is 0 Å². The van der Waals surface area contributed by atoms with E-state index in [0.717, 1.165) is 69.3 Å². The number of hydrogen-bond acceptors (Lipinski definition) is 5. The Morgan fingerprint density at radius 3 is 2.46 bits per heavy atom. The first-order chi connectivity index (χ1) is 18.7. The molecule has 8 heteroatoms. The molecule has 2 amide bonds. The topological polar surface area (TPSA) is 86.9 Å². The van der Waals surface area contributed by atoms with Crippen LogP contribution in [0.5, 0.6) is 0 Å². The fourth-order valence-electron chi connectivity index (χ4n) is 3.90. The van der Waals surface area contributed by atoms with E-state index in [-0.39, 0.29) is 6.03 Å². The Morgan fingerprint density at radius 1 is 1.26 bits per heavy atom. The number of aromatic amines is 1. The van der Waals surface area contributed by atoms with Crippen molar-refractivity contribution in [2.75, 3.05) is 61.1 Å². The van der Waals surface area contributed by atoms with E-state index in [1.54, 1.807) is 7.05 Å². The predicted octanol–water partition coefficient (Wildman–Crippen LogP) is 5.80. The van der Waals surface area contributed by atoms with E-state index < -0.39 is 0 Å². The van der Waals surface area contributed by atoms with Crippen LogP contribution in [-0.2, 0) is 14.3 Å². The van der Waals surface area contributed by atoms with E-state index >= 15 is 0 Å². The zero-order chi connectivity index (χ0) is 29.0. The molecular formula is C31H52N4O4. The maximum Gasteiger partial charge on any atom is 0.317 e. The third-order valence-corrected chi connectivity index (χ3v) is 6.57. The van der Waals surface area contributed by atoms with E-state index in [9.17, 15) is 4.79 Å². The number of carbonyl (C=O) groups is 2. The largest absolute Gasteiger partial charge is 0.471 e. The van der Waals surface area contributed by atoms with Crippen molar-refractivity contribution < 1.29 is 19.1 Å². The van der Waals surface area contributed by atoms with E-state index in [2.05, 4.69) is 78.7 Å². The van der Waals surface area contributed by atoms with E-state index in [4.69, 9.17) is 9.53 Å². The molecule has 2 fully saturated rings. The number of carbonyl (C=O) groups excluding carboxylic acids is 2. The molecule has 1 atom stereocenters. The molecule has 1 saturated heterocycles. The Morgan fingerprint density at radius 2 is 1.92 bits per heavy atom. The van der Waals surface area contributed by atoms with Gasteiger partial charge in [0.15, 0.2) is 0 Å². The van der Waals surface area contributed by atoms with Crippen LogP contribution in [0.4, 0.5) is 4.79 Å². The summed E-state index contributed by atoms with van der Waals surface area (Å²) in [6.45, 7) is 13.1. The summed E-state index contributed by atoms with van der Waals surface area (Å²) in [6.07, 6.45) is 7.28. The number of likely N-dealkylation sites (tertiary alicyclic amines) is 1. The molecule has 2 aliphatic rings. The van der Waals surface area contributed by atoms with Gasteiger partial charge in [-0.1, -0.05) is 51.5 Å². The van der Waals surface area contributed by atoms with Gasteiger partial charge in [0, 0.05) is 43.9 Å². The SMILES string of the molecule is C=C(CC)c1cc2ccccc2[nH]1.CC1CC1.CNC(=O)N1CCCC(COCCCN(C)C)C1.COC=O. The van der Waals surface area contributed by atoms with Crippen LogP contribution in [-0.4, -0.2) is 88.4 Å². The summed E-state index contributed by atoms with van der Waals surface area (Å²) in [4.78, 5) is 27.9. The first-order valence-electron chi connectivity index (χ1n) is 14.2. The van der Waals surface area contributed by atoms with Crippen molar-refractivity contribution in [2.45, 2.75) is 52.4 Å². The Labute approximate surface area is 236 Å². The Bertz CT molecular complexity index is 922. The number of ether oxygens (including phenoxy) is 2. The number of benzene rings is 1. The lowest BCUT2D eigenvalue weighted by Crippen LogP contribution is -2.45. The van der Waals surface area contributed by atoms with Gasteiger partial charge in [0.25, 0.3) is 6.47 Å². The molecule has 4 rings (SSSR count). The van der Waals surface area contributed by atoms with Crippen LogP contribution in [0, 0.1) is 11.8 Å². The summed E-state index contributed by atoms with van der Waals surface area (Å²) in [5.74, 6) is 1.58. The van der Waals surface area contributed by atoms with Crippen LogP contribution in [0.3, 0.4) is 0 Å². The molecular weight excluding hydrogens is 492 g/mol. The minimum atomic E-state index is 0.0345. The molecule has 0 bridgehead atoms. The monoisotopic (exact) mass is 544 g/mol. The first kappa shape index (κ1) is 34.2. The predicted molar refractivity (Wildman–Crippen MR) is 162 cm³/mol. The van der Waals surface area contributed by atoms with Crippen LogP contribution in [0.1, 0.15) is 58.1 Å². The Kier molecular flexibility index (Phi) is 17.6. The number of allylic oxidation sites excluding steroid dienone is 1. The third-order valence-electron chi connectivity index (χ3n) is 6.57. The van der Waals surface area contributed by atoms with Gasteiger partial charge in [-0.25, -0.2) is 4.79 Å². The van der Waals surface area contributed by atoms with Crippen molar-refractivity contribution in [3.63, 3.8) is 0 Å². The third kappa shape index (κ3) is 15.4. The standard InChI is InChI=1S/C13H27N3O2.C12H13N.C4H8.C2H4O2/c1-14-13(17)16-8-4-6-12(10-16)11-18-9-5-7-15(2)3;1-3-9(2)12-8-10-6-4-5-7-11(10)13-12;1-4-2-3-4;1-4-2-3/h12H,4-11H2,1-3H3,(H,14,17);4-8,13H,2-3H2,1H3;4H,2-3H2,1H3;2H,1H3. The van der Waals surface area contributed by atoms with Crippen molar-refractivity contribution in [3.05, 3.63) is 42.6 Å². The van der Waals surface area contributed by atoms with Crippen LogP contribution in [0.25, 0.3) is 16.5 Å². The number of H-pyrrole nitrogens is 1. The number of piperidine rings is 1. The number of nitrogens with one attached hydrogen (secondary N) is 2. The summed E-state index contributed by atoms with van der Waals surface area (Å²) >= 11 is 0. The summed E-state index contributed by atoms with van der Waals surface area (Å²) in [7, 11) is 7.14. The second-order valence-electron chi connectivity index (χ2n) is 10.5. The molecule has 1 aromatic heterocycles. The van der Waals surface area contributed by atoms with Gasteiger partial charge in [-0.05, 0) is 75.3 Å². The Hall–Kier alpha value is -2.84. The first-order valence-corrected chi connectivity index (χ1v) is 14.2. The highest BCUT2D eigenvalue weighted by atomic mass is 16.5. The lowest BCUT2D eigenvalue weighted by molar-refractivity contribution is -0.126. The Balaban J connectivity index is 0.000000311. The van der Waals surface area contributed by atoms with E-state index in [0.29, 0.717) is 12.4 Å². The molecule has 0 radical (unpaired) electrons. The highest BCUT2D eigenvalue weighted by Gasteiger charge is 2.22. The number of amides is 2. The minimum Gasteiger partial charge on any atom is -0.471 e. The normalized spacial score (nSPS) is 16.1. The smallest absolute Gasteiger partial charge is 0.317 e.